The fourth-order valence-corrected chi connectivity index (χ4v) is 2.56. The van der Waals surface area contributed by atoms with Crippen LogP contribution in [0.5, 0.6) is 0 Å². The summed E-state index contributed by atoms with van der Waals surface area (Å²) in [5.41, 5.74) is 5.21. The molecule has 3 nitrogen and oxygen atoms in total. The van der Waals surface area contributed by atoms with Crippen LogP contribution in [0.2, 0.25) is 0 Å². The van der Waals surface area contributed by atoms with Crippen LogP contribution in [0.4, 0.5) is 0 Å². The summed E-state index contributed by atoms with van der Waals surface area (Å²) in [4.78, 5) is 4.33. The molecule has 2 aromatic heterocycles. The summed E-state index contributed by atoms with van der Waals surface area (Å²) < 4.78 is 1.87. The Labute approximate surface area is 134 Å². The molecule has 0 bridgehead atoms. The summed E-state index contributed by atoms with van der Waals surface area (Å²) in [6.45, 7) is 0. The molecule has 0 fully saturated rings. The van der Waals surface area contributed by atoms with Crippen molar-refractivity contribution in [2.45, 2.75) is 0 Å². The SMILES string of the molecule is c1ccc(-c2ccc(-n3ccc(-c4ccccn4)n3)cc2)cc1. The number of hydrogen-bond donors (Lipinski definition) is 0. The number of nitrogens with zero attached hydrogens (tertiary/aromatic N) is 3. The highest BCUT2D eigenvalue weighted by molar-refractivity contribution is 5.64. The predicted molar refractivity (Wildman–Crippen MR) is 92.2 cm³/mol. The third-order valence-corrected chi connectivity index (χ3v) is 3.76. The van der Waals surface area contributed by atoms with E-state index in [0.717, 1.165) is 17.1 Å². The Balaban J connectivity index is 1.63. The van der Waals surface area contributed by atoms with Crippen LogP contribution in [0.1, 0.15) is 0 Å². The summed E-state index contributed by atoms with van der Waals surface area (Å²) in [6.07, 6.45) is 3.74. The molecular formula is C20H15N3. The van der Waals surface area contributed by atoms with E-state index >= 15 is 0 Å². The Morgan fingerprint density at radius 3 is 2.09 bits per heavy atom. The summed E-state index contributed by atoms with van der Waals surface area (Å²) in [5, 5.41) is 4.61. The zero-order chi connectivity index (χ0) is 15.5. The predicted octanol–water partition coefficient (Wildman–Crippen LogP) is 4.60. The first-order chi connectivity index (χ1) is 11.4. The number of benzene rings is 2. The van der Waals surface area contributed by atoms with E-state index in [1.54, 1.807) is 6.20 Å². The van der Waals surface area contributed by atoms with Gasteiger partial charge >= 0.3 is 0 Å². The van der Waals surface area contributed by atoms with Crippen molar-refractivity contribution < 1.29 is 0 Å². The second-order valence-electron chi connectivity index (χ2n) is 5.27. The van der Waals surface area contributed by atoms with Crippen LogP contribution in [0, 0.1) is 0 Å². The lowest BCUT2D eigenvalue weighted by molar-refractivity contribution is 0.882. The summed E-state index contributed by atoms with van der Waals surface area (Å²) in [6, 6.07) is 26.6. The average Bonchev–Trinajstić information content (AvgIpc) is 3.14. The highest BCUT2D eigenvalue weighted by Gasteiger charge is 2.05. The minimum Gasteiger partial charge on any atom is -0.255 e. The van der Waals surface area contributed by atoms with Gasteiger partial charge in [-0.25, -0.2) is 4.68 Å². The van der Waals surface area contributed by atoms with Crippen molar-refractivity contribution >= 4 is 0 Å². The molecule has 0 saturated heterocycles. The van der Waals surface area contributed by atoms with E-state index in [1.165, 1.54) is 11.1 Å². The van der Waals surface area contributed by atoms with Gasteiger partial charge in [0.15, 0.2) is 0 Å². The molecule has 0 atom stereocenters. The Hall–Kier alpha value is -3.20. The van der Waals surface area contributed by atoms with Crippen LogP contribution in [0.25, 0.3) is 28.2 Å². The van der Waals surface area contributed by atoms with Gasteiger partial charge in [0.05, 0.1) is 11.4 Å². The summed E-state index contributed by atoms with van der Waals surface area (Å²) in [5.74, 6) is 0. The molecule has 110 valence electrons. The lowest BCUT2D eigenvalue weighted by Crippen LogP contribution is -1.95. The first kappa shape index (κ1) is 13.5. The third kappa shape index (κ3) is 2.77. The standard InChI is InChI=1S/C20H15N3/c1-2-6-16(7-3-1)17-9-11-18(12-10-17)23-15-13-20(22-23)19-8-4-5-14-21-19/h1-15H. The van der Waals surface area contributed by atoms with E-state index in [1.807, 2.05) is 41.2 Å². The largest absolute Gasteiger partial charge is 0.255 e. The zero-order valence-corrected chi connectivity index (χ0v) is 12.5. The second-order valence-corrected chi connectivity index (χ2v) is 5.27. The van der Waals surface area contributed by atoms with E-state index in [-0.39, 0.29) is 0 Å². The van der Waals surface area contributed by atoms with Crippen LogP contribution in [0.3, 0.4) is 0 Å². The van der Waals surface area contributed by atoms with Crippen LogP contribution in [-0.4, -0.2) is 14.8 Å². The number of aromatic nitrogens is 3. The molecule has 2 heterocycles. The molecule has 0 aliphatic rings. The van der Waals surface area contributed by atoms with Gasteiger partial charge in [0.25, 0.3) is 0 Å². The molecule has 0 radical (unpaired) electrons. The van der Waals surface area contributed by atoms with Crippen LogP contribution < -0.4 is 0 Å². The third-order valence-electron chi connectivity index (χ3n) is 3.76. The number of pyridine rings is 1. The second kappa shape index (κ2) is 5.89. The van der Waals surface area contributed by atoms with Gasteiger partial charge < -0.3 is 0 Å². The van der Waals surface area contributed by atoms with Gasteiger partial charge in [0, 0.05) is 12.4 Å². The fourth-order valence-electron chi connectivity index (χ4n) is 2.56. The van der Waals surface area contributed by atoms with E-state index in [0.29, 0.717) is 0 Å². The highest BCUT2D eigenvalue weighted by Crippen LogP contribution is 2.21. The molecule has 0 saturated carbocycles. The van der Waals surface area contributed by atoms with Crippen LogP contribution in [-0.2, 0) is 0 Å². The van der Waals surface area contributed by atoms with Gasteiger partial charge in [-0.2, -0.15) is 5.10 Å². The van der Waals surface area contributed by atoms with Crippen molar-refractivity contribution in [1.29, 1.82) is 0 Å². The van der Waals surface area contributed by atoms with Crippen LogP contribution in [0.15, 0.2) is 91.3 Å². The lowest BCUT2D eigenvalue weighted by Gasteiger charge is -2.04. The monoisotopic (exact) mass is 297 g/mol. The molecule has 4 rings (SSSR count). The molecule has 4 aromatic rings. The highest BCUT2D eigenvalue weighted by atomic mass is 15.3. The Bertz CT molecular complexity index is 895. The van der Waals surface area contributed by atoms with Crippen molar-refractivity contribution in [1.82, 2.24) is 14.8 Å². The fraction of sp³-hybridized carbons (Fsp3) is 0. The van der Waals surface area contributed by atoms with E-state index in [2.05, 4.69) is 58.6 Å². The maximum atomic E-state index is 4.61. The minimum absolute atomic E-state index is 0.873. The average molecular weight is 297 g/mol. The van der Waals surface area contributed by atoms with Gasteiger partial charge in [0.2, 0.25) is 0 Å². The summed E-state index contributed by atoms with van der Waals surface area (Å²) in [7, 11) is 0. The molecule has 0 N–H and O–H groups in total. The van der Waals surface area contributed by atoms with Gasteiger partial charge in [-0.1, -0.05) is 48.5 Å². The molecule has 0 aliphatic heterocycles. The van der Waals surface area contributed by atoms with Crippen molar-refractivity contribution in [3.05, 3.63) is 91.3 Å². The van der Waals surface area contributed by atoms with E-state index < -0.39 is 0 Å². The lowest BCUT2D eigenvalue weighted by atomic mass is 10.1. The van der Waals surface area contributed by atoms with Crippen molar-refractivity contribution in [2.75, 3.05) is 0 Å². The number of hydrogen-bond acceptors (Lipinski definition) is 2. The Morgan fingerprint density at radius 1 is 0.609 bits per heavy atom. The first-order valence-corrected chi connectivity index (χ1v) is 7.53. The van der Waals surface area contributed by atoms with Gasteiger partial charge in [-0.3, -0.25) is 4.98 Å². The topological polar surface area (TPSA) is 30.7 Å². The molecule has 0 amide bonds. The maximum absolute atomic E-state index is 4.61. The molecule has 2 aromatic carbocycles. The Kier molecular flexibility index (Phi) is 3.45. The molecule has 0 aliphatic carbocycles. The smallest absolute Gasteiger partial charge is 0.111 e. The molecule has 0 unspecified atom stereocenters. The van der Waals surface area contributed by atoms with Crippen molar-refractivity contribution in [3.8, 4) is 28.2 Å². The molecule has 23 heavy (non-hydrogen) atoms. The van der Waals surface area contributed by atoms with E-state index in [4.69, 9.17) is 0 Å². The minimum atomic E-state index is 0.873. The molecular weight excluding hydrogens is 282 g/mol. The van der Waals surface area contributed by atoms with Crippen molar-refractivity contribution in [2.24, 2.45) is 0 Å². The summed E-state index contributed by atoms with van der Waals surface area (Å²) >= 11 is 0. The molecule has 3 heteroatoms. The number of rotatable bonds is 3. The zero-order valence-electron chi connectivity index (χ0n) is 12.5. The first-order valence-electron chi connectivity index (χ1n) is 7.53. The van der Waals surface area contributed by atoms with Crippen LogP contribution >= 0.6 is 0 Å². The molecule has 0 spiro atoms. The van der Waals surface area contributed by atoms with Gasteiger partial charge in [0.1, 0.15) is 5.69 Å². The van der Waals surface area contributed by atoms with E-state index in [9.17, 15) is 0 Å². The quantitative estimate of drug-likeness (QED) is 0.553. The van der Waals surface area contributed by atoms with Crippen molar-refractivity contribution in [3.63, 3.8) is 0 Å². The van der Waals surface area contributed by atoms with Gasteiger partial charge in [-0.05, 0) is 41.5 Å². The maximum Gasteiger partial charge on any atom is 0.111 e. The normalized spacial score (nSPS) is 10.6. The van der Waals surface area contributed by atoms with Gasteiger partial charge in [-0.15, -0.1) is 0 Å². The Morgan fingerprint density at radius 2 is 1.35 bits per heavy atom.